The van der Waals surface area contributed by atoms with Crippen molar-refractivity contribution in [1.29, 1.82) is 0 Å². The number of hydrogen-bond donors (Lipinski definition) is 1. The van der Waals surface area contributed by atoms with Gasteiger partial charge >= 0.3 is 0 Å². The Morgan fingerprint density at radius 2 is 1.51 bits per heavy atom. The van der Waals surface area contributed by atoms with Gasteiger partial charge in [-0.05, 0) is 63.7 Å². The van der Waals surface area contributed by atoms with E-state index in [2.05, 4.69) is 41.4 Å². The summed E-state index contributed by atoms with van der Waals surface area (Å²) in [4.78, 5) is 9.00. The van der Waals surface area contributed by atoms with Crippen molar-refractivity contribution < 1.29 is 9.84 Å². The number of pyridine rings is 1. The van der Waals surface area contributed by atoms with Crippen LogP contribution in [-0.2, 0) is 12.6 Å². The smallest absolute Gasteiger partial charge is 0.214 e. The number of nitrogens with zero attached hydrogens (tertiary/aromatic N) is 3. The van der Waals surface area contributed by atoms with Crippen LogP contribution >= 0.6 is 11.6 Å². The van der Waals surface area contributed by atoms with Gasteiger partial charge in [-0.15, -0.1) is 0 Å². The Balaban J connectivity index is 1.59. The summed E-state index contributed by atoms with van der Waals surface area (Å²) in [7, 11) is 3.49. The van der Waals surface area contributed by atoms with Gasteiger partial charge in [-0.25, -0.2) is 9.97 Å². The summed E-state index contributed by atoms with van der Waals surface area (Å²) in [6, 6.07) is 33.7. The van der Waals surface area contributed by atoms with Gasteiger partial charge in [-0.2, -0.15) is 0 Å². The average Bonchev–Trinajstić information content (AvgIpc) is 3.43. The van der Waals surface area contributed by atoms with Crippen molar-refractivity contribution in [2.45, 2.75) is 5.60 Å². The molecule has 0 saturated heterocycles. The van der Waals surface area contributed by atoms with Gasteiger partial charge in [0.2, 0.25) is 5.88 Å². The first kappa shape index (κ1) is 24.9. The molecule has 1 atom stereocenters. The lowest BCUT2D eigenvalue weighted by Gasteiger charge is -2.30. The van der Waals surface area contributed by atoms with Crippen molar-refractivity contribution in [3.05, 3.63) is 137 Å². The third kappa shape index (κ3) is 4.46. The lowest BCUT2D eigenvalue weighted by Crippen LogP contribution is -2.31. The highest BCUT2D eigenvalue weighted by molar-refractivity contribution is 6.30. The van der Waals surface area contributed by atoms with E-state index in [9.17, 15) is 5.11 Å². The van der Waals surface area contributed by atoms with E-state index in [1.165, 1.54) is 0 Å². The Labute approximate surface area is 232 Å². The van der Waals surface area contributed by atoms with E-state index in [4.69, 9.17) is 21.3 Å². The average molecular weight is 532 g/mol. The van der Waals surface area contributed by atoms with Crippen LogP contribution in [0.3, 0.4) is 0 Å². The third-order valence-electron chi connectivity index (χ3n) is 7.14. The summed E-state index contributed by atoms with van der Waals surface area (Å²) in [5.74, 6) is 0.523. The zero-order valence-corrected chi connectivity index (χ0v) is 22.3. The monoisotopic (exact) mass is 531 g/mol. The number of methoxy groups -OCH3 is 1. The number of aryl methyl sites for hydroxylation is 1. The van der Waals surface area contributed by atoms with E-state index in [-0.39, 0.29) is 0 Å². The number of imidazole rings is 1. The first-order chi connectivity index (χ1) is 19.0. The molecule has 2 aromatic heterocycles. The maximum atomic E-state index is 12.5. The fourth-order valence-corrected chi connectivity index (χ4v) is 5.25. The number of aliphatic hydroxyl groups is 1. The number of fused-ring (bicyclic) bond motifs is 1. The molecule has 4 aromatic carbocycles. The Morgan fingerprint density at radius 1 is 0.795 bits per heavy atom. The van der Waals surface area contributed by atoms with Crippen molar-refractivity contribution in [1.82, 2.24) is 14.5 Å². The maximum absolute atomic E-state index is 12.5. The molecule has 0 fully saturated rings. The van der Waals surface area contributed by atoms with Crippen molar-refractivity contribution in [2.24, 2.45) is 7.05 Å². The molecule has 0 aliphatic carbocycles. The summed E-state index contributed by atoms with van der Waals surface area (Å²) in [6.45, 7) is 0. The summed E-state index contributed by atoms with van der Waals surface area (Å²) < 4.78 is 7.40. The molecular formula is C33H26ClN3O2. The predicted molar refractivity (Wildman–Crippen MR) is 156 cm³/mol. The summed E-state index contributed by atoms with van der Waals surface area (Å²) in [5.41, 5.74) is 5.53. The third-order valence-corrected chi connectivity index (χ3v) is 7.39. The van der Waals surface area contributed by atoms with Gasteiger partial charge in [-0.1, -0.05) is 78.3 Å². The van der Waals surface area contributed by atoms with Gasteiger partial charge < -0.3 is 14.4 Å². The summed E-state index contributed by atoms with van der Waals surface area (Å²) in [5, 5.41) is 13.9. The molecule has 5 nitrogen and oxygen atoms in total. The molecule has 0 bridgehead atoms. The lowest BCUT2D eigenvalue weighted by atomic mass is 9.82. The van der Waals surface area contributed by atoms with E-state index < -0.39 is 5.60 Å². The van der Waals surface area contributed by atoms with Crippen LogP contribution in [0.5, 0.6) is 5.88 Å². The molecule has 6 rings (SSSR count). The van der Waals surface area contributed by atoms with Crippen molar-refractivity contribution in [3.63, 3.8) is 0 Å². The predicted octanol–water partition coefficient (Wildman–Crippen LogP) is 7.25. The molecule has 0 amide bonds. The highest BCUT2D eigenvalue weighted by Gasteiger charge is 2.37. The molecule has 0 radical (unpaired) electrons. The van der Waals surface area contributed by atoms with Crippen LogP contribution in [0.15, 0.2) is 116 Å². The topological polar surface area (TPSA) is 60.2 Å². The van der Waals surface area contributed by atoms with Gasteiger partial charge in [0.05, 0.1) is 30.8 Å². The molecule has 1 N–H and O–H groups in total. The minimum Gasteiger partial charge on any atom is -0.481 e. The number of ether oxygens (including phenoxy) is 1. The Hall–Kier alpha value is -4.45. The zero-order valence-electron chi connectivity index (χ0n) is 21.5. The number of hydrogen-bond acceptors (Lipinski definition) is 4. The number of halogens is 1. The van der Waals surface area contributed by atoms with Gasteiger partial charge in [0.25, 0.3) is 0 Å². The first-order valence-electron chi connectivity index (χ1n) is 12.6. The second-order valence-electron chi connectivity index (χ2n) is 9.50. The van der Waals surface area contributed by atoms with Crippen LogP contribution in [0, 0.1) is 0 Å². The van der Waals surface area contributed by atoms with Crippen LogP contribution in [0.25, 0.3) is 33.2 Å². The normalized spacial score (nSPS) is 12.8. The zero-order chi connectivity index (χ0) is 27.0. The fourth-order valence-electron chi connectivity index (χ4n) is 5.13. The van der Waals surface area contributed by atoms with E-state index in [0.717, 1.165) is 33.2 Å². The minimum atomic E-state index is -1.48. The molecular weight excluding hydrogens is 506 g/mol. The van der Waals surface area contributed by atoms with Gasteiger partial charge in [-0.3, -0.25) is 0 Å². The van der Waals surface area contributed by atoms with Crippen LogP contribution in [0.1, 0.15) is 16.8 Å². The van der Waals surface area contributed by atoms with E-state index >= 15 is 0 Å². The minimum absolute atomic E-state index is 0.523. The highest BCUT2D eigenvalue weighted by Crippen LogP contribution is 2.40. The molecule has 2 heterocycles. The lowest BCUT2D eigenvalue weighted by molar-refractivity contribution is 0.117. The van der Waals surface area contributed by atoms with Crippen LogP contribution in [0.4, 0.5) is 0 Å². The van der Waals surface area contributed by atoms with E-state index in [1.54, 1.807) is 31.8 Å². The molecule has 192 valence electrons. The van der Waals surface area contributed by atoms with E-state index in [1.807, 2.05) is 66.2 Å². The van der Waals surface area contributed by atoms with Crippen LogP contribution in [-0.4, -0.2) is 26.8 Å². The Kier molecular flexibility index (Phi) is 6.39. The number of rotatable bonds is 6. The first-order valence-corrected chi connectivity index (χ1v) is 13.0. The number of aromatic nitrogens is 3. The van der Waals surface area contributed by atoms with Gasteiger partial charge in [0, 0.05) is 23.5 Å². The van der Waals surface area contributed by atoms with Crippen LogP contribution < -0.4 is 4.74 Å². The van der Waals surface area contributed by atoms with Crippen molar-refractivity contribution in [3.8, 4) is 28.1 Å². The van der Waals surface area contributed by atoms with E-state index in [0.29, 0.717) is 27.7 Å². The fraction of sp³-hybridized carbons (Fsp3) is 0.0909. The van der Waals surface area contributed by atoms with Gasteiger partial charge in [0.1, 0.15) is 0 Å². The maximum Gasteiger partial charge on any atom is 0.214 e. The summed E-state index contributed by atoms with van der Waals surface area (Å²) in [6.07, 6.45) is 3.37. The molecule has 0 aliphatic heterocycles. The molecule has 6 aromatic rings. The van der Waals surface area contributed by atoms with Gasteiger partial charge in [0.15, 0.2) is 5.60 Å². The Morgan fingerprint density at radius 3 is 2.23 bits per heavy atom. The highest BCUT2D eigenvalue weighted by atomic mass is 35.5. The largest absolute Gasteiger partial charge is 0.481 e. The molecule has 39 heavy (non-hydrogen) atoms. The second-order valence-corrected chi connectivity index (χ2v) is 9.93. The van der Waals surface area contributed by atoms with Crippen molar-refractivity contribution >= 4 is 22.5 Å². The molecule has 0 aliphatic rings. The Bertz CT molecular complexity index is 1780. The molecule has 0 saturated carbocycles. The quantitative estimate of drug-likeness (QED) is 0.246. The van der Waals surface area contributed by atoms with Crippen LogP contribution in [0.2, 0.25) is 5.02 Å². The van der Waals surface area contributed by atoms with Crippen molar-refractivity contribution in [2.75, 3.05) is 7.11 Å². The SMILES string of the molecule is COc1cc(-c2cccc(-c3ccccc3)c2)c2cc(C(O)(c3ccc(Cl)cc3)c3cncn3C)ccc2n1. The number of benzene rings is 4. The summed E-state index contributed by atoms with van der Waals surface area (Å²) >= 11 is 6.20. The second kappa shape index (κ2) is 10.0. The molecule has 0 spiro atoms. The molecule has 6 heteroatoms. The standard InChI is InChI=1S/C33H26ClN3O2/c1-37-21-35-20-31(37)33(38,25-11-14-27(34)15-12-25)26-13-16-30-29(18-26)28(19-32(36-30)39-2)24-10-6-9-23(17-24)22-7-4-3-5-8-22/h3-21,38H,1-2H3. The molecule has 1 unspecified atom stereocenters.